The van der Waals surface area contributed by atoms with Crippen LogP contribution < -0.4 is 21.5 Å². The second-order valence-electron chi connectivity index (χ2n) is 9.86. The number of carbonyl (C=O) groups excluding carboxylic acids is 3. The molecule has 1 aliphatic carbocycles. The van der Waals surface area contributed by atoms with Gasteiger partial charge in [0.25, 0.3) is 5.91 Å². The first-order chi connectivity index (χ1) is 17.9. The van der Waals surface area contributed by atoms with Crippen molar-refractivity contribution < 1.29 is 32.3 Å². The number of hydrazine groups is 1. The largest absolute Gasteiger partial charge is 0.444 e. The maximum Gasteiger partial charge on any atom is 0.407 e. The third kappa shape index (κ3) is 5.66. The van der Waals surface area contributed by atoms with Gasteiger partial charge in [0.05, 0.1) is 5.69 Å². The molecule has 0 radical (unpaired) electrons. The van der Waals surface area contributed by atoms with E-state index in [4.69, 9.17) is 4.74 Å². The number of carbonyl (C=O) groups is 3. The predicted molar refractivity (Wildman–Crippen MR) is 130 cm³/mol. The van der Waals surface area contributed by atoms with Gasteiger partial charge >= 0.3 is 12.1 Å². The Morgan fingerprint density at radius 3 is 2.42 bits per heavy atom. The summed E-state index contributed by atoms with van der Waals surface area (Å²) in [5.74, 6) is -4.83. The molecule has 4 rings (SSSR count). The fraction of sp³-hybridized carbons (Fsp3) is 0.360. The number of amides is 4. The molecule has 4 amide bonds. The van der Waals surface area contributed by atoms with E-state index in [1.807, 2.05) is 0 Å². The summed E-state index contributed by atoms with van der Waals surface area (Å²) in [6, 6.07) is 2.95. The van der Waals surface area contributed by atoms with Gasteiger partial charge in [0.1, 0.15) is 17.1 Å². The molecule has 2 atom stereocenters. The van der Waals surface area contributed by atoms with E-state index in [0.717, 1.165) is 6.07 Å². The number of fused-ring (bicyclic) bond motifs is 3. The Balaban J connectivity index is 1.69. The zero-order valence-corrected chi connectivity index (χ0v) is 21.1. The Morgan fingerprint density at radius 2 is 1.74 bits per heavy atom. The number of imidazole rings is 1. The molecule has 0 bridgehead atoms. The zero-order valence-electron chi connectivity index (χ0n) is 21.1. The summed E-state index contributed by atoms with van der Waals surface area (Å²) in [6.07, 6.45) is 1.14. The Kier molecular flexibility index (Phi) is 7.20. The van der Waals surface area contributed by atoms with E-state index >= 15 is 0 Å². The number of pyridine rings is 1. The average Bonchev–Trinajstić information content (AvgIpc) is 3.19. The molecule has 2 aromatic heterocycles. The summed E-state index contributed by atoms with van der Waals surface area (Å²) >= 11 is 0. The van der Waals surface area contributed by atoms with Crippen molar-refractivity contribution in [2.24, 2.45) is 0 Å². The molecule has 13 heteroatoms. The van der Waals surface area contributed by atoms with Crippen molar-refractivity contribution in [1.29, 1.82) is 0 Å². The molecule has 0 spiro atoms. The van der Waals surface area contributed by atoms with E-state index < -0.39 is 53.0 Å². The van der Waals surface area contributed by atoms with Crippen molar-refractivity contribution in [3.8, 4) is 0 Å². The van der Waals surface area contributed by atoms with Gasteiger partial charge in [-0.2, -0.15) is 0 Å². The maximum atomic E-state index is 14.8. The summed E-state index contributed by atoms with van der Waals surface area (Å²) < 4.78 is 49.7. The summed E-state index contributed by atoms with van der Waals surface area (Å²) in [5, 5.41) is 5.05. The lowest BCUT2D eigenvalue weighted by Crippen LogP contribution is -2.46. The van der Waals surface area contributed by atoms with Crippen molar-refractivity contribution in [3.05, 3.63) is 70.4 Å². The number of halogens is 3. The van der Waals surface area contributed by atoms with Crippen LogP contribution in [0.15, 0.2) is 30.5 Å². The lowest BCUT2D eigenvalue weighted by molar-refractivity contribution is 0.0492. The molecule has 2 heterocycles. The molecule has 0 aliphatic heterocycles. The molecule has 2 unspecified atom stereocenters. The Hall–Kier alpha value is -4.29. The lowest BCUT2D eigenvalue weighted by Gasteiger charge is -2.33. The summed E-state index contributed by atoms with van der Waals surface area (Å²) in [6.45, 7) is 5.08. The first kappa shape index (κ1) is 26.8. The van der Waals surface area contributed by atoms with Gasteiger partial charge in [0.2, 0.25) is 0 Å². The van der Waals surface area contributed by atoms with Crippen LogP contribution in [0.1, 0.15) is 54.0 Å². The molecule has 0 saturated carbocycles. The molecular weight excluding hydrogens is 505 g/mol. The minimum absolute atomic E-state index is 0.0965. The number of urea groups is 1. The molecule has 1 aliphatic rings. The molecule has 10 nitrogen and oxygen atoms in total. The monoisotopic (exact) mass is 532 g/mol. The van der Waals surface area contributed by atoms with E-state index in [1.54, 1.807) is 31.4 Å². The first-order valence-electron chi connectivity index (χ1n) is 11.8. The molecule has 0 saturated heterocycles. The van der Waals surface area contributed by atoms with E-state index in [0.29, 0.717) is 23.1 Å². The van der Waals surface area contributed by atoms with Crippen LogP contribution in [-0.2, 0) is 17.6 Å². The topological polar surface area (TPSA) is 126 Å². The summed E-state index contributed by atoms with van der Waals surface area (Å²) in [5.41, 5.74) is 5.39. The number of nitrogens with one attached hydrogen (secondary N) is 4. The highest BCUT2D eigenvalue weighted by Gasteiger charge is 2.36. The van der Waals surface area contributed by atoms with Gasteiger partial charge in [-0.05, 0) is 44.5 Å². The van der Waals surface area contributed by atoms with Gasteiger partial charge < -0.3 is 19.8 Å². The second-order valence-corrected chi connectivity index (χ2v) is 9.86. The van der Waals surface area contributed by atoms with Gasteiger partial charge in [0.15, 0.2) is 11.6 Å². The molecular formula is C25H27F3N6O4. The SMILES string of the molecule is CNC(=O)NNC(=O)c1ccn2c3c(nc2c1)CC(c1cc(F)c(F)cc1F)C(NC(=O)OC(C)(C)C)C3. The Bertz CT molecular complexity index is 1420. The quantitative estimate of drug-likeness (QED) is 0.305. The van der Waals surface area contributed by atoms with Crippen LogP contribution in [0.25, 0.3) is 5.65 Å². The van der Waals surface area contributed by atoms with Gasteiger partial charge in [0, 0.05) is 55.4 Å². The number of alkyl carbamates (subject to hydrolysis) is 1. The fourth-order valence-electron chi connectivity index (χ4n) is 4.37. The predicted octanol–water partition coefficient (Wildman–Crippen LogP) is 3.10. The maximum absolute atomic E-state index is 14.8. The van der Waals surface area contributed by atoms with Crippen LogP contribution in [0.5, 0.6) is 0 Å². The minimum Gasteiger partial charge on any atom is -0.444 e. The fourth-order valence-corrected chi connectivity index (χ4v) is 4.37. The van der Waals surface area contributed by atoms with Crippen LogP contribution in [0.2, 0.25) is 0 Å². The van der Waals surface area contributed by atoms with Crippen LogP contribution >= 0.6 is 0 Å². The van der Waals surface area contributed by atoms with Crippen molar-refractivity contribution in [3.63, 3.8) is 0 Å². The van der Waals surface area contributed by atoms with Gasteiger partial charge in [-0.1, -0.05) is 0 Å². The summed E-state index contributed by atoms with van der Waals surface area (Å²) in [7, 11) is 1.40. The van der Waals surface area contributed by atoms with Gasteiger partial charge in [-0.15, -0.1) is 0 Å². The number of rotatable bonds is 3. The van der Waals surface area contributed by atoms with Crippen LogP contribution in [-0.4, -0.2) is 46.1 Å². The highest BCUT2D eigenvalue weighted by Crippen LogP contribution is 2.35. The van der Waals surface area contributed by atoms with Crippen molar-refractivity contribution >= 4 is 23.7 Å². The van der Waals surface area contributed by atoms with Crippen LogP contribution in [0, 0.1) is 17.5 Å². The number of hydrogen-bond donors (Lipinski definition) is 4. The van der Waals surface area contributed by atoms with Crippen LogP contribution in [0.3, 0.4) is 0 Å². The van der Waals surface area contributed by atoms with Crippen LogP contribution in [0.4, 0.5) is 22.8 Å². The highest BCUT2D eigenvalue weighted by molar-refractivity contribution is 5.96. The van der Waals surface area contributed by atoms with Crippen molar-refractivity contribution in [2.75, 3.05) is 7.05 Å². The first-order valence-corrected chi connectivity index (χ1v) is 11.8. The zero-order chi connectivity index (χ0) is 27.8. The van der Waals surface area contributed by atoms with Crippen molar-refractivity contribution in [1.82, 2.24) is 30.9 Å². The third-order valence-electron chi connectivity index (χ3n) is 6.04. The van der Waals surface area contributed by atoms with E-state index in [1.165, 1.54) is 19.2 Å². The number of benzene rings is 1. The number of hydrogen-bond acceptors (Lipinski definition) is 5. The molecule has 202 valence electrons. The van der Waals surface area contributed by atoms with Crippen molar-refractivity contribution in [2.45, 2.75) is 51.2 Å². The van der Waals surface area contributed by atoms with E-state index in [9.17, 15) is 27.6 Å². The normalized spacial score (nSPS) is 16.9. The molecule has 38 heavy (non-hydrogen) atoms. The average molecular weight is 533 g/mol. The number of nitrogens with zero attached hydrogens (tertiary/aromatic N) is 2. The smallest absolute Gasteiger partial charge is 0.407 e. The van der Waals surface area contributed by atoms with E-state index in [2.05, 4.69) is 26.5 Å². The Morgan fingerprint density at radius 1 is 1.03 bits per heavy atom. The van der Waals surface area contributed by atoms with E-state index in [-0.39, 0.29) is 24.0 Å². The summed E-state index contributed by atoms with van der Waals surface area (Å²) in [4.78, 5) is 40.9. The molecule has 1 aromatic carbocycles. The number of aromatic nitrogens is 2. The Labute approximate surface area is 215 Å². The highest BCUT2D eigenvalue weighted by atomic mass is 19.2. The number of ether oxygens (including phenoxy) is 1. The van der Waals surface area contributed by atoms with Gasteiger partial charge in [-0.3, -0.25) is 10.2 Å². The second kappa shape index (κ2) is 10.2. The molecule has 0 fully saturated rings. The molecule has 3 aromatic rings. The standard InChI is InChI=1S/C25H27F3N6O4/c1-25(2,3)38-24(37)31-18-11-20-19(9-14(18)13-8-16(27)17(28)10-15(13)26)30-21-7-12(5-6-34(20)21)22(35)32-33-23(36)29-4/h5-8,10,14,18H,9,11H2,1-4H3,(H,31,37)(H,32,35)(H2,29,33,36). The van der Waals surface area contributed by atoms with Gasteiger partial charge in [-0.25, -0.2) is 33.2 Å². The third-order valence-corrected chi connectivity index (χ3v) is 6.04. The minimum atomic E-state index is -1.32. The lowest BCUT2D eigenvalue weighted by atomic mass is 9.80. The molecule has 4 N–H and O–H groups in total.